The number of phenols is 1. The zero-order valence-corrected chi connectivity index (χ0v) is 9.92. The molecule has 1 aromatic carbocycles. The quantitative estimate of drug-likeness (QED) is 0.614. The van der Waals surface area contributed by atoms with Crippen LogP contribution in [-0.2, 0) is 16.0 Å². The van der Waals surface area contributed by atoms with Crippen LogP contribution in [0.15, 0.2) is 30.9 Å². The second kappa shape index (κ2) is 5.86. The van der Waals surface area contributed by atoms with Gasteiger partial charge in [-0.1, -0.05) is 6.58 Å². The maximum Gasteiger partial charge on any atom is 0.335 e. The molecule has 2 N–H and O–H groups in total. The van der Waals surface area contributed by atoms with Crippen molar-refractivity contribution in [2.45, 2.75) is 19.4 Å². The van der Waals surface area contributed by atoms with Crippen LogP contribution in [0.1, 0.15) is 22.8 Å². The van der Waals surface area contributed by atoms with Gasteiger partial charge in [-0.15, -0.1) is 0 Å². The van der Waals surface area contributed by atoms with Gasteiger partial charge in [0.05, 0.1) is 5.56 Å². The molecule has 5 nitrogen and oxygen atoms in total. The van der Waals surface area contributed by atoms with Crippen molar-refractivity contribution in [1.29, 1.82) is 0 Å². The molecule has 1 unspecified atom stereocenters. The van der Waals surface area contributed by atoms with Crippen LogP contribution in [0, 0.1) is 0 Å². The first kappa shape index (κ1) is 13.8. The number of phenolic OH excluding ortho intramolecular Hbond substituents is 1. The normalized spacial score (nSPS) is 11.6. The molecule has 0 aliphatic carbocycles. The molecule has 0 bridgehead atoms. The summed E-state index contributed by atoms with van der Waals surface area (Å²) < 4.78 is 4.95. The minimum atomic E-state index is -1.09. The number of carbonyl (C=O) groups is 2. The van der Waals surface area contributed by atoms with Crippen molar-refractivity contribution in [2.75, 3.05) is 0 Å². The Labute approximate surface area is 104 Å². The van der Waals surface area contributed by atoms with Crippen LogP contribution in [0.2, 0.25) is 0 Å². The second-order valence-electron chi connectivity index (χ2n) is 3.80. The lowest BCUT2D eigenvalue weighted by Crippen LogP contribution is -2.17. The molecule has 1 rings (SSSR count). The molecule has 0 amide bonds. The molecule has 0 saturated carbocycles. The van der Waals surface area contributed by atoms with E-state index in [1.165, 1.54) is 18.2 Å². The average molecular weight is 250 g/mol. The first-order valence-corrected chi connectivity index (χ1v) is 5.32. The number of carboxylic acids is 1. The Morgan fingerprint density at radius 1 is 1.50 bits per heavy atom. The van der Waals surface area contributed by atoms with E-state index < -0.39 is 18.0 Å². The molecule has 0 spiro atoms. The molecule has 1 atom stereocenters. The minimum Gasteiger partial charge on any atom is -0.508 e. The Kier molecular flexibility index (Phi) is 4.48. The predicted octanol–water partition coefficient (Wildman–Crippen LogP) is 1.75. The average Bonchev–Trinajstić information content (AvgIpc) is 2.28. The zero-order chi connectivity index (χ0) is 13.7. The highest BCUT2D eigenvalue weighted by molar-refractivity contribution is 5.89. The van der Waals surface area contributed by atoms with Gasteiger partial charge in [0.25, 0.3) is 0 Å². The SMILES string of the molecule is C=CC(=O)OC(C)Cc1cc(O)ccc1C(=O)O. The van der Waals surface area contributed by atoms with Crippen LogP contribution in [0.25, 0.3) is 0 Å². The fourth-order valence-corrected chi connectivity index (χ4v) is 1.56. The van der Waals surface area contributed by atoms with Gasteiger partial charge in [0.2, 0.25) is 0 Å². The van der Waals surface area contributed by atoms with Gasteiger partial charge in [-0.05, 0) is 30.7 Å². The maximum atomic E-state index is 11.0. The monoisotopic (exact) mass is 250 g/mol. The summed E-state index contributed by atoms with van der Waals surface area (Å²) in [5.74, 6) is -1.69. The summed E-state index contributed by atoms with van der Waals surface area (Å²) in [6.07, 6.45) is 0.738. The first-order chi connectivity index (χ1) is 8.43. The number of aromatic carboxylic acids is 1. The van der Waals surface area contributed by atoms with E-state index in [0.717, 1.165) is 6.08 Å². The van der Waals surface area contributed by atoms with E-state index in [1.54, 1.807) is 6.92 Å². The zero-order valence-electron chi connectivity index (χ0n) is 9.92. The lowest BCUT2D eigenvalue weighted by Gasteiger charge is -2.13. The Morgan fingerprint density at radius 3 is 2.72 bits per heavy atom. The van der Waals surface area contributed by atoms with Crippen LogP contribution in [-0.4, -0.2) is 28.3 Å². The van der Waals surface area contributed by atoms with Gasteiger partial charge in [-0.25, -0.2) is 9.59 Å². The number of carboxylic acid groups (broad SMARTS) is 1. The Bertz CT molecular complexity index is 478. The Morgan fingerprint density at radius 2 is 2.17 bits per heavy atom. The number of esters is 1. The molecular formula is C13H14O5. The lowest BCUT2D eigenvalue weighted by molar-refractivity contribution is -0.142. The summed E-state index contributed by atoms with van der Waals surface area (Å²) >= 11 is 0. The van der Waals surface area contributed by atoms with Gasteiger partial charge >= 0.3 is 11.9 Å². The maximum absolute atomic E-state index is 11.0. The van der Waals surface area contributed by atoms with E-state index >= 15 is 0 Å². The molecule has 1 aromatic rings. The van der Waals surface area contributed by atoms with Gasteiger partial charge < -0.3 is 14.9 Å². The standard InChI is InChI=1S/C13H14O5/c1-3-12(15)18-8(2)6-9-7-10(14)4-5-11(9)13(16)17/h3-5,7-8,14H,1,6H2,2H3,(H,16,17). The fraction of sp³-hybridized carbons (Fsp3) is 0.231. The lowest BCUT2D eigenvalue weighted by atomic mass is 10.0. The molecule has 0 aromatic heterocycles. The van der Waals surface area contributed by atoms with E-state index in [4.69, 9.17) is 9.84 Å². The number of aromatic hydroxyl groups is 1. The summed E-state index contributed by atoms with van der Waals surface area (Å²) in [6, 6.07) is 3.96. The van der Waals surface area contributed by atoms with Crippen molar-refractivity contribution in [3.05, 3.63) is 42.0 Å². The number of hydrogen-bond acceptors (Lipinski definition) is 4. The number of rotatable bonds is 5. The summed E-state index contributed by atoms with van der Waals surface area (Å²) in [5, 5.41) is 18.3. The van der Waals surface area contributed by atoms with Crippen molar-refractivity contribution < 1.29 is 24.5 Å². The van der Waals surface area contributed by atoms with Crippen LogP contribution in [0.4, 0.5) is 0 Å². The molecule has 0 heterocycles. The van der Waals surface area contributed by atoms with E-state index in [-0.39, 0.29) is 17.7 Å². The molecule has 0 fully saturated rings. The van der Waals surface area contributed by atoms with E-state index in [0.29, 0.717) is 5.56 Å². The van der Waals surface area contributed by atoms with Crippen LogP contribution >= 0.6 is 0 Å². The summed E-state index contributed by atoms with van der Waals surface area (Å²) in [6.45, 7) is 4.91. The van der Waals surface area contributed by atoms with E-state index in [9.17, 15) is 14.7 Å². The smallest absolute Gasteiger partial charge is 0.335 e. The van der Waals surface area contributed by atoms with Crippen LogP contribution < -0.4 is 0 Å². The molecule has 0 saturated heterocycles. The Hall–Kier alpha value is -2.30. The molecule has 18 heavy (non-hydrogen) atoms. The number of benzene rings is 1. The number of carbonyl (C=O) groups excluding carboxylic acids is 1. The van der Waals surface area contributed by atoms with Gasteiger partial charge in [-0.2, -0.15) is 0 Å². The Balaban J connectivity index is 2.88. The van der Waals surface area contributed by atoms with Crippen LogP contribution in [0.5, 0.6) is 5.75 Å². The van der Waals surface area contributed by atoms with Gasteiger partial charge in [-0.3, -0.25) is 0 Å². The number of hydrogen-bond donors (Lipinski definition) is 2. The van der Waals surface area contributed by atoms with E-state index in [1.807, 2.05) is 0 Å². The topological polar surface area (TPSA) is 83.8 Å². The fourth-order valence-electron chi connectivity index (χ4n) is 1.56. The third kappa shape index (κ3) is 3.62. The first-order valence-electron chi connectivity index (χ1n) is 5.32. The molecule has 5 heteroatoms. The molecule has 0 aliphatic heterocycles. The molecule has 0 radical (unpaired) electrons. The van der Waals surface area contributed by atoms with Crippen LogP contribution in [0.3, 0.4) is 0 Å². The van der Waals surface area contributed by atoms with Crippen molar-refractivity contribution in [3.63, 3.8) is 0 Å². The summed E-state index contributed by atoms with van der Waals surface area (Å²) in [5.41, 5.74) is 0.487. The van der Waals surface area contributed by atoms with Gasteiger partial charge in [0.15, 0.2) is 0 Å². The van der Waals surface area contributed by atoms with Crippen molar-refractivity contribution in [3.8, 4) is 5.75 Å². The summed E-state index contributed by atoms with van der Waals surface area (Å²) in [7, 11) is 0. The third-order valence-corrected chi connectivity index (χ3v) is 2.31. The highest BCUT2D eigenvalue weighted by Gasteiger charge is 2.15. The molecular weight excluding hydrogens is 236 g/mol. The number of ether oxygens (including phenoxy) is 1. The van der Waals surface area contributed by atoms with Crippen molar-refractivity contribution >= 4 is 11.9 Å². The highest BCUT2D eigenvalue weighted by atomic mass is 16.5. The molecule has 96 valence electrons. The van der Waals surface area contributed by atoms with E-state index in [2.05, 4.69) is 6.58 Å². The van der Waals surface area contributed by atoms with Gasteiger partial charge in [0, 0.05) is 12.5 Å². The highest BCUT2D eigenvalue weighted by Crippen LogP contribution is 2.19. The largest absolute Gasteiger partial charge is 0.508 e. The molecule has 0 aliphatic rings. The summed E-state index contributed by atoms with van der Waals surface area (Å²) in [4.78, 5) is 22.0. The van der Waals surface area contributed by atoms with Gasteiger partial charge in [0.1, 0.15) is 11.9 Å². The third-order valence-electron chi connectivity index (χ3n) is 2.31. The minimum absolute atomic E-state index is 0.0303. The van der Waals surface area contributed by atoms with Crippen molar-refractivity contribution in [2.24, 2.45) is 0 Å². The second-order valence-corrected chi connectivity index (χ2v) is 3.80. The van der Waals surface area contributed by atoms with Crippen molar-refractivity contribution in [1.82, 2.24) is 0 Å². The predicted molar refractivity (Wildman–Crippen MR) is 64.5 cm³/mol.